The van der Waals surface area contributed by atoms with Gasteiger partial charge in [0.2, 0.25) is 5.91 Å². The summed E-state index contributed by atoms with van der Waals surface area (Å²) in [6, 6.07) is -0.234. The standard InChI is InChI=1S/C10H16N2O3S/c1-7(5-13)11(3)9(14)4-12-8(2)6-16-10(12)15/h6-7,13H,4-5H2,1-3H3. The molecule has 16 heavy (non-hydrogen) atoms. The molecule has 0 spiro atoms. The van der Waals surface area contributed by atoms with E-state index in [-0.39, 0.29) is 30.0 Å². The van der Waals surface area contributed by atoms with Gasteiger partial charge in [-0.3, -0.25) is 14.2 Å². The van der Waals surface area contributed by atoms with Gasteiger partial charge in [0.15, 0.2) is 0 Å². The molecule has 90 valence electrons. The molecule has 0 bridgehead atoms. The van der Waals surface area contributed by atoms with Crippen molar-refractivity contribution < 1.29 is 9.90 Å². The molecule has 1 atom stereocenters. The van der Waals surface area contributed by atoms with Crippen LogP contribution in [0, 0.1) is 6.92 Å². The van der Waals surface area contributed by atoms with Crippen LogP contribution in [0.3, 0.4) is 0 Å². The summed E-state index contributed by atoms with van der Waals surface area (Å²) < 4.78 is 1.44. The van der Waals surface area contributed by atoms with Crippen LogP contribution in [0.5, 0.6) is 0 Å². The molecular weight excluding hydrogens is 228 g/mol. The molecule has 0 aromatic carbocycles. The number of hydrogen-bond donors (Lipinski definition) is 1. The molecular formula is C10H16N2O3S. The summed E-state index contributed by atoms with van der Waals surface area (Å²) in [6.07, 6.45) is 0. The van der Waals surface area contributed by atoms with Crippen LogP contribution in [0.1, 0.15) is 12.6 Å². The van der Waals surface area contributed by atoms with Gasteiger partial charge in [0.05, 0.1) is 12.6 Å². The van der Waals surface area contributed by atoms with E-state index in [2.05, 4.69) is 0 Å². The fraction of sp³-hybridized carbons (Fsp3) is 0.600. The highest BCUT2D eigenvalue weighted by Crippen LogP contribution is 2.02. The number of thiazole rings is 1. The van der Waals surface area contributed by atoms with Crippen molar-refractivity contribution in [1.29, 1.82) is 0 Å². The van der Waals surface area contributed by atoms with Crippen molar-refractivity contribution in [2.24, 2.45) is 0 Å². The zero-order valence-corrected chi connectivity index (χ0v) is 10.5. The molecule has 1 amide bonds. The zero-order valence-electron chi connectivity index (χ0n) is 9.64. The number of amides is 1. The normalized spacial score (nSPS) is 12.5. The van der Waals surface area contributed by atoms with E-state index in [1.54, 1.807) is 26.3 Å². The fourth-order valence-electron chi connectivity index (χ4n) is 1.21. The van der Waals surface area contributed by atoms with Crippen molar-refractivity contribution in [3.8, 4) is 0 Å². The van der Waals surface area contributed by atoms with Gasteiger partial charge in [-0.1, -0.05) is 11.3 Å². The number of nitrogens with zero attached hydrogens (tertiary/aromatic N) is 2. The quantitative estimate of drug-likeness (QED) is 0.814. The molecule has 6 heteroatoms. The van der Waals surface area contributed by atoms with Crippen LogP contribution in [-0.2, 0) is 11.3 Å². The molecule has 0 saturated heterocycles. The maximum absolute atomic E-state index is 11.8. The van der Waals surface area contributed by atoms with E-state index in [9.17, 15) is 9.59 Å². The third-order valence-electron chi connectivity index (χ3n) is 2.59. The Kier molecular flexibility index (Phi) is 4.26. The van der Waals surface area contributed by atoms with Gasteiger partial charge < -0.3 is 10.0 Å². The molecule has 0 aliphatic rings. The predicted octanol–water partition coefficient (Wildman–Crippen LogP) is 0.0574. The number of carbonyl (C=O) groups excluding carboxylic acids is 1. The second kappa shape index (κ2) is 5.27. The molecule has 1 rings (SSSR count). The van der Waals surface area contributed by atoms with Crippen LogP contribution in [0.2, 0.25) is 0 Å². The van der Waals surface area contributed by atoms with E-state index in [4.69, 9.17) is 5.11 Å². The van der Waals surface area contributed by atoms with Crippen LogP contribution in [0.25, 0.3) is 0 Å². The average Bonchev–Trinajstić information content (AvgIpc) is 2.58. The first-order valence-electron chi connectivity index (χ1n) is 4.98. The summed E-state index contributed by atoms with van der Waals surface area (Å²) in [5, 5.41) is 10.7. The lowest BCUT2D eigenvalue weighted by Gasteiger charge is -2.23. The fourth-order valence-corrected chi connectivity index (χ4v) is 1.95. The van der Waals surface area contributed by atoms with Gasteiger partial charge in [-0.25, -0.2) is 0 Å². The highest BCUT2D eigenvalue weighted by molar-refractivity contribution is 7.07. The minimum atomic E-state index is -0.234. The summed E-state index contributed by atoms with van der Waals surface area (Å²) in [5.74, 6) is -0.176. The molecule has 1 heterocycles. The van der Waals surface area contributed by atoms with Crippen molar-refractivity contribution in [3.05, 3.63) is 20.7 Å². The third-order valence-corrected chi connectivity index (χ3v) is 3.47. The number of carbonyl (C=O) groups is 1. The first-order valence-corrected chi connectivity index (χ1v) is 5.86. The van der Waals surface area contributed by atoms with Gasteiger partial charge in [0.25, 0.3) is 0 Å². The van der Waals surface area contributed by atoms with E-state index >= 15 is 0 Å². The van der Waals surface area contributed by atoms with Gasteiger partial charge in [-0.05, 0) is 13.8 Å². The summed E-state index contributed by atoms with van der Waals surface area (Å²) >= 11 is 1.09. The van der Waals surface area contributed by atoms with E-state index in [0.717, 1.165) is 17.0 Å². The van der Waals surface area contributed by atoms with Crippen molar-refractivity contribution in [3.63, 3.8) is 0 Å². The van der Waals surface area contributed by atoms with E-state index in [0.29, 0.717) is 0 Å². The van der Waals surface area contributed by atoms with Gasteiger partial charge in [-0.2, -0.15) is 0 Å². The smallest absolute Gasteiger partial charge is 0.307 e. The number of aryl methyl sites for hydroxylation is 1. The highest BCUT2D eigenvalue weighted by Gasteiger charge is 2.16. The van der Waals surface area contributed by atoms with Gasteiger partial charge in [0, 0.05) is 18.1 Å². The Bertz CT molecular complexity index is 424. The monoisotopic (exact) mass is 244 g/mol. The lowest BCUT2D eigenvalue weighted by Crippen LogP contribution is -2.40. The molecule has 1 aromatic heterocycles. The van der Waals surface area contributed by atoms with Crippen molar-refractivity contribution in [2.45, 2.75) is 26.4 Å². The second-order valence-corrected chi connectivity index (χ2v) is 4.59. The Morgan fingerprint density at radius 3 is 2.75 bits per heavy atom. The number of aromatic nitrogens is 1. The molecule has 0 fully saturated rings. The molecule has 0 aliphatic heterocycles. The number of hydrogen-bond acceptors (Lipinski definition) is 4. The number of aliphatic hydroxyl groups is 1. The van der Waals surface area contributed by atoms with E-state index in [1.807, 2.05) is 0 Å². The molecule has 0 saturated carbocycles. The Labute approximate surface area is 97.9 Å². The Balaban J connectivity index is 2.75. The number of likely N-dealkylation sites (N-methyl/N-ethyl adjacent to an activating group) is 1. The minimum absolute atomic E-state index is 0.0367. The molecule has 0 radical (unpaired) electrons. The zero-order chi connectivity index (χ0) is 12.3. The number of rotatable bonds is 4. The topological polar surface area (TPSA) is 62.5 Å². The Hall–Kier alpha value is -1.14. The first kappa shape index (κ1) is 12.9. The largest absolute Gasteiger partial charge is 0.394 e. The Morgan fingerprint density at radius 1 is 1.69 bits per heavy atom. The predicted molar refractivity (Wildman–Crippen MR) is 62.6 cm³/mol. The average molecular weight is 244 g/mol. The van der Waals surface area contributed by atoms with Gasteiger partial charge in [0.1, 0.15) is 6.54 Å². The highest BCUT2D eigenvalue weighted by atomic mass is 32.1. The summed E-state index contributed by atoms with van der Waals surface area (Å²) in [4.78, 5) is 24.5. The SMILES string of the molecule is Cc1csc(=O)n1CC(=O)N(C)C(C)CO. The van der Waals surface area contributed by atoms with Crippen molar-refractivity contribution in [1.82, 2.24) is 9.47 Å². The third kappa shape index (κ3) is 2.70. The molecule has 5 nitrogen and oxygen atoms in total. The van der Waals surface area contributed by atoms with Crippen molar-refractivity contribution in [2.75, 3.05) is 13.7 Å². The minimum Gasteiger partial charge on any atom is -0.394 e. The molecule has 1 aromatic rings. The van der Waals surface area contributed by atoms with Crippen LogP contribution in [0.15, 0.2) is 10.2 Å². The maximum atomic E-state index is 11.8. The van der Waals surface area contributed by atoms with Crippen LogP contribution >= 0.6 is 11.3 Å². The van der Waals surface area contributed by atoms with E-state index < -0.39 is 0 Å². The summed E-state index contributed by atoms with van der Waals surface area (Å²) in [7, 11) is 1.62. The van der Waals surface area contributed by atoms with Gasteiger partial charge in [-0.15, -0.1) is 0 Å². The first-order chi connectivity index (χ1) is 7.47. The lowest BCUT2D eigenvalue weighted by atomic mass is 10.3. The number of aliphatic hydroxyl groups excluding tert-OH is 1. The lowest BCUT2D eigenvalue weighted by molar-refractivity contribution is -0.133. The summed E-state index contributed by atoms with van der Waals surface area (Å²) in [5.41, 5.74) is 0.786. The van der Waals surface area contributed by atoms with Crippen LogP contribution < -0.4 is 4.87 Å². The van der Waals surface area contributed by atoms with Gasteiger partial charge >= 0.3 is 4.87 Å². The molecule has 0 aliphatic carbocycles. The maximum Gasteiger partial charge on any atom is 0.307 e. The molecule has 1 N–H and O–H groups in total. The van der Waals surface area contributed by atoms with Crippen LogP contribution in [0.4, 0.5) is 0 Å². The Morgan fingerprint density at radius 2 is 2.31 bits per heavy atom. The second-order valence-electron chi connectivity index (χ2n) is 3.77. The van der Waals surface area contributed by atoms with E-state index in [1.165, 1.54) is 9.47 Å². The molecule has 1 unspecified atom stereocenters. The summed E-state index contributed by atoms with van der Waals surface area (Å²) in [6.45, 7) is 3.50. The van der Waals surface area contributed by atoms with Crippen molar-refractivity contribution >= 4 is 17.2 Å². The van der Waals surface area contributed by atoms with Crippen LogP contribution in [-0.4, -0.2) is 40.2 Å².